The Hall–Kier alpha value is -4.21. The molecule has 1 aromatic heterocycles. The first-order valence-electron chi connectivity index (χ1n) is 15.3. The molecule has 44 heavy (non-hydrogen) atoms. The average molecular weight is 605 g/mol. The molecule has 10 heteroatoms. The fraction of sp³-hybridized carbons (Fsp3) is 0.500. The number of carbonyl (C=O) groups is 4. The molecular formula is C34H44N4O6. The van der Waals surface area contributed by atoms with E-state index in [1.807, 2.05) is 37.1 Å². The maximum atomic E-state index is 13.4. The van der Waals surface area contributed by atoms with E-state index in [0.717, 1.165) is 41.9 Å². The van der Waals surface area contributed by atoms with Crippen molar-refractivity contribution >= 4 is 29.3 Å². The smallest absolute Gasteiger partial charge is 0.407 e. The van der Waals surface area contributed by atoms with E-state index in [2.05, 4.69) is 33.5 Å². The Kier molecular flexibility index (Phi) is 10.4. The summed E-state index contributed by atoms with van der Waals surface area (Å²) >= 11 is 0. The minimum absolute atomic E-state index is 0.0581. The normalized spacial score (nSPS) is 19.0. The fourth-order valence-electron chi connectivity index (χ4n) is 5.57. The minimum Gasteiger partial charge on any atom is -0.460 e. The van der Waals surface area contributed by atoms with Crippen LogP contribution in [0.3, 0.4) is 0 Å². The number of amides is 2. The summed E-state index contributed by atoms with van der Waals surface area (Å²) in [5.74, 6) is 0.175. The van der Waals surface area contributed by atoms with Gasteiger partial charge in [0.05, 0.1) is 19.6 Å². The van der Waals surface area contributed by atoms with Crippen molar-refractivity contribution in [3.63, 3.8) is 0 Å². The van der Waals surface area contributed by atoms with Crippen molar-refractivity contribution in [3.05, 3.63) is 71.3 Å². The van der Waals surface area contributed by atoms with Gasteiger partial charge in [-0.25, -0.2) is 9.78 Å². The van der Waals surface area contributed by atoms with Crippen molar-refractivity contribution < 1.29 is 28.7 Å². The number of aromatic amines is 1. The van der Waals surface area contributed by atoms with E-state index in [0.29, 0.717) is 12.1 Å². The van der Waals surface area contributed by atoms with Gasteiger partial charge in [-0.15, -0.1) is 0 Å². The van der Waals surface area contributed by atoms with Crippen LogP contribution in [-0.2, 0) is 19.1 Å². The van der Waals surface area contributed by atoms with Crippen molar-refractivity contribution in [1.82, 2.24) is 20.2 Å². The molecule has 1 aliphatic carbocycles. The molecule has 236 valence electrons. The monoisotopic (exact) mass is 604 g/mol. The molecule has 1 fully saturated rings. The van der Waals surface area contributed by atoms with Crippen LogP contribution in [0.2, 0.25) is 0 Å². The summed E-state index contributed by atoms with van der Waals surface area (Å²) in [6, 6.07) is 6.60. The Labute approximate surface area is 259 Å². The SMILES string of the molecule is COC(=O)N[C@H](C(=O)N1CCC[C@H]1c1ncc(C2C=CC(c3ccc(C(=O)CCC(=O)OC(C)(C)C)cc3)=CC2)[nH]1)C(C)C. The summed E-state index contributed by atoms with van der Waals surface area (Å²) in [5.41, 5.74) is 3.06. The number of benzene rings is 1. The molecule has 0 bridgehead atoms. The predicted molar refractivity (Wildman–Crippen MR) is 167 cm³/mol. The Bertz CT molecular complexity index is 1420. The molecule has 3 atom stereocenters. The number of alkyl carbamates (subject to hydrolysis) is 1. The molecule has 0 saturated carbocycles. The molecule has 0 radical (unpaired) electrons. The zero-order chi connectivity index (χ0) is 32.0. The fourth-order valence-corrected chi connectivity index (χ4v) is 5.57. The van der Waals surface area contributed by atoms with Gasteiger partial charge in [0.25, 0.3) is 0 Å². The van der Waals surface area contributed by atoms with E-state index < -0.39 is 17.7 Å². The second kappa shape index (κ2) is 14.1. The Morgan fingerprint density at radius 3 is 2.45 bits per heavy atom. The quantitative estimate of drug-likeness (QED) is 0.256. The molecule has 2 heterocycles. The molecule has 1 unspecified atom stereocenters. The van der Waals surface area contributed by atoms with Crippen molar-refractivity contribution in [2.45, 2.75) is 90.3 Å². The highest BCUT2D eigenvalue weighted by molar-refractivity contribution is 5.98. The first-order valence-corrected chi connectivity index (χ1v) is 15.3. The second-order valence-electron chi connectivity index (χ2n) is 12.7. The molecule has 1 saturated heterocycles. The number of hydrogen-bond donors (Lipinski definition) is 2. The van der Waals surface area contributed by atoms with E-state index in [1.165, 1.54) is 7.11 Å². The summed E-state index contributed by atoms with van der Waals surface area (Å²) in [4.78, 5) is 59.7. The zero-order valence-corrected chi connectivity index (χ0v) is 26.5. The number of Topliss-reactive ketones (excluding diaryl/α,β-unsaturated/α-hetero) is 1. The van der Waals surface area contributed by atoms with Crippen molar-refractivity contribution in [2.24, 2.45) is 5.92 Å². The first kappa shape index (κ1) is 32.7. The van der Waals surface area contributed by atoms with Crippen LogP contribution >= 0.6 is 0 Å². The van der Waals surface area contributed by atoms with Gasteiger partial charge in [0, 0.05) is 36.3 Å². The standard InChI is InChI=1S/C34H44N4O6/c1-21(2)30(37-33(42)43-6)32(41)38-19-7-8-27(38)31-35-20-26(36-31)24-13-9-22(10-14-24)23-11-15-25(16-12-23)28(39)17-18-29(40)44-34(3,4)5/h9-13,15-16,20-21,24,27,30H,7-8,14,17-19H2,1-6H3,(H,35,36)(H,37,42)/t24?,27-,30-/m0/s1. The van der Waals surface area contributed by atoms with Crippen LogP contribution in [0.5, 0.6) is 0 Å². The molecule has 10 nitrogen and oxygen atoms in total. The van der Waals surface area contributed by atoms with Crippen molar-refractivity contribution in [1.29, 1.82) is 0 Å². The van der Waals surface area contributed by atoms with Crippen LogP contribution in [0.15, 0.2) is 48.7 Å². The van der Waals surface area contributed by atoms with Crippen LogP contribution < -0.4 is 5.32 Å². The lowest BCUT2D eigenvalue weighted by Gasteiger charge is -2.30. The van der Waals surface area contributed by atoms with E-state index in [9.17, 15) is 19.2 Å². The number of esters is 1. The predicted octanol–water partition coefficient (Wildman–Crippen LogP) is 5.89. The molecular weight excluding hydrogens is 560 g/mol. The lowest BCUT2D eigenvalue weighted by molar-refractivity contribution is -0.154. The maximum Gasteiger partial charge on any atom is 0.407 e. The highest BCUT2D eigenvalue weighted by Crippen LogP contribution is 2.34. The number of allylic oxidation sites excluding steroid dienone is 4. The molecule has 2 aromatic rings. The second-order valence-corrected chi connectivity index (χ2v) is 12.7. The summed E-state index contributed by atoms with van der Waals surface area (Å²) in [6.45, 7) is 9.82. The van der Waals surface area contributed by atoms with Gasteiger partial charge in [-0.05, 0) is 57.1 Å². The number of nitrogens with one attached hydrogen (secondary N) is 2. The van der Waals surface area contributed by atoms with Crippen LogP contribution in [0.4, 0.5) is 4.79 Å². The van der Waals surface area contributed by atoms with E-state index >= 15 is 0 Å². The number of hydrogen-bond acceptors (Lipinski definition) is 7. The number of nitrogens with zero attached hydrogens (tertiary/aromatic N) is 2. The summed E-state index contributed by atoms with van der Waals surface area (Å²) in [7, 11) is 1.29. The molecule has 2 aliphatic rings. The van der Waals surface area contributed by atoms with Crippen LogP contribution in [-0.4, -0.2) is 63.9 Å². The first-order chi connectivity index (χ1) is 20.9. The molecule has 1 aromatic carbocycles. The van der Waals surface area contributed by atoms with Gasteiger partial charge in [0.2, 0.25) is 5.91 Å². The summed E-state index contributed by atoms with van der Waals surface area (Å²) in [6.07, 6.45) is 10.2. The third kappa shape index (κ3) is 8.24. The number of rotatable bonds is 10. The van der Waals surface area contributed by atoms with Crippen LogP contribution in [0.25, 0.3) is 5.57 Å². The van der Waals surface area contributed by atoms with Crippen LogP contribution in [0, 0.1) is 5.92 Å². The number of H-pyrrole nitrogens is 1. The van der Waals surface area contributed by atoms with E-state index in [-0.39, 0.29) is 48.4 Å². The number of likely N-dealkylation sites (tertiary alicyclic amines) is 1. The topological polar surface area (TPSA) is 131 Å². The van der Waals surface area contributed by atoms with Crippen LogP contribution in [0.1, 0.15) is 106 Å². The zero-order valence-electron chi connectivity index (χ0n) is 26.5. The number of methoxy groups -OCH3 is 1. The summed E-state index contributed by atoms with van der Waals surface area (Å²) in [5, 5.41) is 2.68. The van der Waals surface area contributed by atoms with Gasteiger partial charge in [-0.3, -0.25) is 14.4 Å². The largest absolute Gasteiger partial charge is 0.460 e. The number of imidazole rings is 1. The van der Waals surface area contributed by atoms with Crippen molar-refractivity contribution in [3.8, 4) is 0 Å². The van der Waals surface area contributed by atoms with Gasteiger partial charge in [0.15, 0.2) is 5.78 Å². The number of ketones is 1. The Morgan fingerprint density at radius 2 is 1.84 bits per heavy atom. The van der Waals surface area contributed by atoms with Gasteiger partial charge in [-0.1, -0.05) is 56.3 Å². The average Bonchev–Trinajstić information content (AvgIpc) is 3.68. The summed E-state index contributed by atoms with van der Waals surface area (Å²) < 4.78 is 10.0. The number of carbonyl (C=O) groups excluding carboxylic acids is 4. The van der Waals surface area contributed by atoms with Gasteiger partial charge in [-0.2, -0.15) is 0 Å². The Balaban J connectivity index is 1.35. The molecule has 0 spiro atoms. The van der Waals surface area contributed by atoms with E-state index in [4.69, 9.17) is 9.47 Å². The molecule has 2 N–H and O–H groups in total. The number of ether oxygens (including phenoxy) is 2. The van der Waals surface area contributed by atoms with Gasteiger partial charge >= 0.3 is 12.1 Å². The molecule has 2 amide bonds. The lowest BCUT2D eigenvalue weighted by atomic mass is 9.91. The highest BCUT2D eigenvalue weighted by atomic mass is 16.6. The lowest BCUT2D eigenvalue weighted by Crippen LogP contribution is -2.51. The maximum absolute atomic E-state index is 13.4. The molecule has 1 aliphatic heterocycles. The third-order valence-electron chi connectivity index (χ3n) is 7.87. The third-order valence-corrected chi connectivity index (χ3v) is 7.87. The van der Waals surface area contributed by atoms with Gasteiger partial charge in [0.1, 0.15) is 17.5 Å². The number of aromatic nitrogens is 2. The highest BCUT2D eigenvalue weighted by Gasteiger charge is 2.37. The van der Waals surface area contributed by atoms with E-state index in [1.54, 1.807) is 32.9 Å². The molecule has 4 rings (SSSR count). The van der Waals surface area contributed by atoms with Gasteiger partial charge < -0.3 is 24.7 Å². The minimum atomic E-state index is -0.674. The Morgan fingerprint density at radius 1 is 1.11 bits per heavy atom. The van der Waals surface area contributed by atoms with Crippen molar-refractivity contribution in [2.75, 3.05) is 13.7 Å².